The summed E-state index contributed by atoms with van der Waals surface area (Å²) in [5, 5.41) is 14.3. The van der Waals surface area contributed by atoms with Gasteiger partial charge in [-0.15, -0.1) is 0 Å². The third-order valence-corrected chi connectivity index (χ3v) is 5.81. The van der Waals surface area contributed by atoms with E-state index >= 15 is 0 Å². The summed E-state index contributed by atoms with van der Waals surface area (Å²) in [6, 6.07) is 8.42. The molecular formula is C21H25NO4. The van der Waals surface area contributed by atoms with Crippen LogP contribution in [0.5, 0.6) is 17.2 Å². The van der Waals surface area contributed by atoms with E-state index in [0.29, 0.717) is 23.8 Å². The van der Waals surface area contributed by atoms with Gasteiger partial charge in [-0.05, 0) is 16.7 Å². The maximum atomic E-state index is 10.8. The molecular weight excluding hydrogens is 330 g/mol. The molecule has 26 heavy (non-hydrogen) atoms. The number of ether oxygens (including phenoxy) is 3. The van der Waals surface area contributed by atoms with Crippen LogP contribution in [0.3, 0.4) is 0 Å². The molecule has 5 nitrogen and oxygen atoms in total. The molecule has 0 bridgehead atoms. The first kappa shape index (κ1) is 17.2. The molecule has 0 amide bonds. The van der Waals surface area contributed by atoms with E-state index in [1.165, 1.54) is 5.56 Å². The summed E-state index contributed by atoms with van der Waals surface area (Å²) in [7, 11) is 4.85. The molecule has 5 heteroatoms. The molecule has 2 atom stereocenters. The third-order valence-electron chi connectivity index (χ3n) is 5.81. The van der Waals surface area contributed by atoms with Crippen molar-refractivity contribution < 1.29 is 19.3 Å². The fourth-order valence-corrected chi connectivity index (χ4v) is 4.67. The van der Waals surface area contributed by atoms with Gasteiger partial charge >= 0.3 is 0 Å². The van der Waals surface area contributed by atoms with Crippen molar-refractivity contribution in [2.75, 3.05) is 27.9 Å². The van der Waals surface area contributed by atoms with E-state index in [4.69, 9.17) is 14.2 Å². The van der Waals surface area contributed by atoms with Crippen molar-refractivity contribution in [1.29, 1.82) is 0 Å². The minimum atomic E-state index is -0.671. The Hall–Kier alpha value is -2.24. The van der Waals surface area contributed by atoms with Crippen LogP contribution in [0.4, 0.5) is 0 Å². The van der Waals surface area contributed by atoms with E-state index in [0.717, 1.165) is 22.3 Å². The number of nitrogens with one attached hydrogen (secondary N) is 1. The number of hydrogen-bond acceptors (Lipinski definition) is 5. The molecule has 0 radical (unpaired) electrons. The van der Waals surface area contributed by atoms with Crippen LogP contribution in [0.25, 0.3) is 11.1 Å². The summed E-state index contributed by atoms with van der Waals surface area (Å²) in [6.07, 6.45) is -0.671. The molecule has 1 aliphatic heterocycles. The highest BCUT2D eigenvalue weighted by Crippen LogP contribution is 2.60. The van der Waals surface area contributed by atoms with Gasteiger partial charge in [-0.2, -0.15) is 0 Å². The lowest BCUT2D eigenvalue weighted by atomic mass is 9.64. The Morgan fingerprint density at radius 2 is 1.62 bits per heavy atom. The van der Waals surface area contributed by atoms with Crippen LogP contribution in [0, 0.1) is 0 Å². The standard InChI is InChI=1S/C21H25NO4/c1-21(2)12-9-7-6-8-11(12)14-16-15(13(23)10-22-20(16)21)18(25-4)19(26-5)17(14)24-3/h6-9,13,20,22-23H,10H2,1-5H3/t13-,20+/m1/s1. The van der Waals surface area contributed by atoms with Crippen LogP contribution in [-0.2, 0) is 5.41 Å². The highest BCUT2D eigenvalue weighted by molar-refractivity contribution is 5.87. The Morgan fingerprint density at radius 3 is 2.27 bits per heavy atom. The maximum absolute atomic E-state index is 10.8. The molecule has 0 fully saturated rings. The lowest BCUT2D eigenvalue weighted by Crippen LogP contribution is -2.45. The van der Waals surface area contributed by atoms with Gasteiger partial charge in [0.05, 0.1) is 27.4 Å². The average Bonchev–Trinajstić information content (AvgIpc) is 2.65. The SMILES string of the molecule is COc1c(OC)c2c3c(c1OC)[C@H](O)CN[C@@H]3C(C)(C)c1ccccc1-2. The van der Waals surface area contributed by atoms with Gasteiger partial charge in [0.25, 0.3) is 0 Å². The average molecular weight is 355 g/mol. The number of rotatable bonds is 3. The predicted octanol–water partition coefficient (Wildman–Crippen LogP) is 3.35. The molecule has 0 spiro atoms. The quantitative estimate of drug-likeness (QED) is 0.884. The van der Waals surface area contributed by atoms with Crippen LogP contribution in [-0.4, -0.2) is 33.0 Å². The Kier molecular flexibility index (Phi) is 3.90. The summed E-state index contributed by atoms with van der Waals surface area (Å²) in [4.78, 5) is 0. The number of aliphatic hydroxyl groups excluding tert-OH is 1. The summed E-state index contributed by atoms with van der Waals surface area (Å²) < 4.78 is 17.1. The molecule has 1 aliphatic carbocycles. The topological polar surface area (TPSA) is 60.0 Å². The van der Waals surface area contributed by atoms with Crippen molar-refractivity contribution in [2.24, 2.45) is 0 Å². The number of β-amino-alcohol motifs (C(OH)–C–C–N with tert-alkyl or cyclic N) is 1. The zero-order valence-corrected chi connectivity index (χ0v) is 15.8. The van der Waals surface area contributed by atoms with E-state index in [-0.39, 0.29) is 11.5 Å². The lowest BCUT2D eigenvalue weighted by molar-refractivity contribution is 0.139. The van der Waals surface area contributed by atoms with E-state index in [1.807, 2.05) is 6.07 Å². The second-order valence-electron chi connectivity index (χ2n) is 7.43. The molecule has 2 aliphatic rings. The Morgan fingerprint density at radius 1 is 0.962 bits per heavy atom. The van der Waals surface area contributed by atoms with Crippen LogP contribution in [0.1, 0.15) is 42.7 Å². The normalized spacial score (nSPS) is 22.2. The van der Waals surface area contributed by atoms with Gasteiger partial charge in [0.15, 0.2) is 11.5 Å². The molecule has 2 N–H and O–H groups in total. The van der Waals surface area contributed by atoms with Crippen molar-refractivity contribution >= 4 is 0 Å². The van der Waals surface area contributed by atoms with E-state index in [1.54, 1.807) is 21.3 Å². The van der Waals surface area contributed by atoms with Crippen molar-refractivity contribution in [1.82, 2.24) is 5.32 Å². The van der Waals surface area contributed by atoms with Gasteiger partial charge in [-0.1, -0.05) is 38.1 Å². The van der Waals surface area contributed by atoms with Crippen molar-refractivity contribution in [2.45, 2.75) is 31.4 Å². The van der Waals surface area contributed by atoms with Crippen molar-refractivity contribution in [3.63, 3.8) is 0 Å². The second kappa shape index (κ2) is 5.89. The molecule has 2 aromatic rings. The first-order valence-corrected chi connectivity index (χ1v) is 8.84. The lowest BCUT2D eigenvalue weighted by Gasteiger charge is -2.47. The largest absolute Gasteiger partial charge is 0.492 e. The van der Waals surface area contributed by atoms with Crippen molar-refractivity contribution in [3.8, 4) is 28.4 Å². The van der Waals surface area contributed by atoms with Gasteiger partial charge in [0.1, 0.15) is 0 Å². The minimum Gasteiger partial charge on any atom is -0.492 e. The van der Waals surface area contributed by atoms with Crippen LogP contribution in [0.15, 0.2) is 24.3 Å². The highest BCUT2D eigenvalue weighted by atomic mass is 16.5. The van der Waals surface area contributed by atoms with E-state index < -0.39 is 6.10 Å². The molecule has 2 aromatic carbocycles. The van der Waals surface area contributed by atoms with Crippen LogP contribution < -0.4 is 19.5 Å². The van der Waals surface area contributed by atoms with Crippen LogP contribution in [0.2, 0.25) is 0 Å². The Bertz CT molecular complexity index is 875. The van der Waals surface area contributed by atoms with Crippen LogP contribution >= 0.6 is 0 Å². The van der Waals surface area contributed by atoms with Gasteiger partial charge in [0.2, 0.25) is 5.75 Å². The number of aliphatic hydroxyl groups is 1. The monoisotopic (exact) mass is 355 g/mol. The first-order valence-electron chi connectivity index (χ1n) is 8.84. The first-order chi connectivity index (χ1) is 12.5. The number of hydrogen-bond donors (Lipinski definition) is 2. The zero-order valence-electron chi connectivity index (χ0n) is 15.8. The number of benzene rings is 2. The second-order valence-corrected chi connectivity index (χ2v) is 7.43. The Labute approximate surface area is 153 Å². The third kappa shape index (κ3) is 2.04. The number of fused-ring (bicyclic) bond motifs is 2. The van der Waals surface area contributed by atoms with Gasteiger partial charge in [-0.25, -0.2) is 0 Å². The highest BCUT2D eigenvalue weighted by Gasteiger charge is 2.47. The summed E-state index contributed by atoms with van der Waals surface area (Å²) in [5.74, 6) is 1.72. The molecule has 0 unspecified atom stereocenters. The predicted molar refractivity (Wildman–Crippen MR) is 100 cm³/mol. The zero-order chi connectivity index (χ0) is 18.6. The van der Waals surface area contributed by atoms with Gasteiger partial charge in [0, 0.05) is 29.1 Å². The molecule has 0 saturated heterocycles. The summed E-state index contributed by atoms with van der Waals surface area (Å²) in [6.45, 7) is 4.93. The molecule has 1 heterocycles. The van der Waals surface area contributed by atoms with Crippen molar-refractivity contribution in [3.05, 3.63) is 41.0 Å². The minimum absolute atomic E-state index is 0.0412. The number of methoxy groups -OCH3 is 3. The molecule has 0 aromatic heterocycles. The fraction of sp³-hybridized carbons (Fsp3) is 0.429. The van der Waals surface area contributed by atoms with Gasteiger partial charge < -0.3 is 24.6 Å². The van der Waals surface area contributed by atoms with E-state index in [2.05, 4.69) is 37.4 Å². The van der Waals surface area contributed by atoms with E-state index in [9.17, 15) is 5.11 Å². The summed E-state index contributed by atoms with van der Waals surface area (Å²) in [5.41, 5.74) is 5.03. The summed E-state index contributed by atoms with van der Waals surface area (Å²) >= 11 is 0. The maximum Gasteiger partial charge on any atom is 0.204 e. The molecule has 0 saturated carbocycles. The Balaban J connectivity index is 2.21. The smallest absolute Gasteiger partial charge is 0.204 e. The molecule has 138 valence electrons. The fourth-order valence-electron chi connectivity index (χ4n) is 4.67. The molecule has 4 rings (SSSR count). The van der Waals surface area contributed by atoms with Gasteiger partial charge in [-0.3, -0.25) is 0 Å².